The Kier molecular flexibility index (Phi) is 6.22. The van der Waals surface area contributed by atoms with Gasteiger partial charge in [-0.3, -0.25) is 0 Å². The van der Waals surface area contributed by atoms with Crippen LogP contribution in [-0.2, 0) is 16.1 Å². The van der Waals surface area contributed by atoms with Crippen molar-refractivity contribution in [2.75, 3.05) is 13.1 Å². The highest BCUT2D eigenvalue weighted by atomic mass is 19.1. The van der Waals surface area contributed by atoms with Crippen LogP contribution in [0.4, 0.5) is 14.0 Å². The number of alkyl halides is 1. The first-order valence-electron chi connectivity index (χ1n) is 8.34. The van der Waals surface area contributed by atoms with Crippen molar-refractivity contribution >= 4 is 12.2 Å². The summed E-state index contributed by atoms with van der Waals surface area (Å²) in [6.45, 7) is 5.57. The van der Waals surface area contributed by atoms with Crippen molar-refractivity contribution in [3.8, 4) is 0 Å². The minimum absolute atomic E-state index is 0.117. The van der Waals surface area contributed by atoms with Gasteiger partial charge >= 0.3 is 12.2 Å². The van der Waals surface area contributed by atoms with Gasteiger partial charge in [-0.15, -0.1) is 0 Å². The van der Waals surface area contributed by atoms with E-state index in [1.54, 1.807) is 20.8 Å². The van der Waals surface area contributed by atoms with Crippen LogP contribution in [-0.4, -0.2) is 48.0 Å². The molecule has 1 aliphatic rings. The number of nitrogens with zero attached hydrogens (tertiary/aromatic N) is 1. The van der Waals surface area contributed by atoms with Crippen LogP contribution in [0.25, 0.3) is 0 Å². The van der Waals surface area contributed by atoms with Crippen LogP contribution in [0.15, 0.2) is 30.3 Å². The molecule has 0 aliphatic carbocycles. The number of alkyl carbamates (subject to hydrolysis) is 1. The molecule has 6 nitrogen and oxygen atoms in total. The lowest BCUT2D eigenvalue weighted by atomic mass is 10.0. The first-order chi connectivity index (χ1) is 11.7. The molecule has 2 rings (SSSR count). The van der Waals surface area contributed by atoms with Crippen molar-refractivity contribution in [2.24, 2.45) is 0 Å². The van der Waals surface area contributed by atoms with E-state index in [1.807, 2.05) is 30.3 Å². The topological polar surface area (TPSA) is 67.9 Å². The molecule has 0 bridgehead atoms. The molecule has 7 heteroatoms. The highest BCUT2D eigenvalue weighted by Gasteiger charge is 2.34. The molecule has 1 aromatic rings. The smallest absolute Gasteiger partial charge is 0.410 e. The van der Waals surface area contributed by atoms with Crippen LogP contribution in [0.2, 0.25) is 0 Å². The Balaban J connectivity index is 1.78. The normalized spacial score (nSPS) is 20.7. The summed E-state index contributed by atoms with van der Waals surface area (Å²) in [6.07, 6.45) is -2.27. The third-order valence-electron chi connectivity index (χ3n) is 3.71. The van der Waals surface area contributed by atoms with Crippen LogP contribution >= 0.6 is 0 Å². The van der Waals surface area contributed by atoms with Crippen LogP contribution < -0.4 is 5.32 Å². The van der Waals surface area contributed by atoms with Gasteiger partial charge < -0.3 is 19.7 Å². The Hall–Kier alpha value is -2.31. The molecule has 1 aromatic carbocycles. The molecule has 138 valence electrons. The summed E-state index contributed by atoms with van der Waals surface area (Å²) in [5.74, 6) is 0. The van der Waals surface area contributed by atoms with Gasteiger partial charge in [0.1, 0.15) is 18.4 Å². The van der Waals surface area contributed by atoms with E-state index in [1.165, 1.54) is 4.90 Å². The number of likely N-dealkylation sites (tertiary alicyclic amines) is 1. The number of carbonyl (C=O) groups excluding carboxylic acids is 2. The summed E-state index contributed by atoms with van der Waals surface area (Å²) in [6, 6.07) is 8.61. The highest BCUT2D eigenvalue weighted by molar-refractivity contribution is 5.69. The molecule has 1 N–H and O–H groups in total. The molecule has 2 atom stereocenters. The summed E-state index contributed by atoms with van der Waals surface area (Å²) in [4.78, 5) is 25.1. The average molecular weight is 352 g/mol. The standard InChI is InChI=1S/C18H25FN2O4/c1-18(2,3)25-16(22)20-15-9-10-21(11-14(15)19)17(23)24-12-13-7-5-4-6-8-13/h4-8,14-15H,9-12H2,1-3H3,(H,20,22)/t14-,15+/m1/s1. The maximum Gasteiger partial charge on any atom is 0.410 e. The van der Waals surface area contributed by atoms with Gasteiger partial charge in [0, 0.05) is 6.54 Å². The van der Waals surface area contributed by atoms with Gasteiger partial charge in [-0.2, -0.15) is 0 Å². The molecular weight excluding hydrogens is 327 g/mol. The number of ether oxygens (including phenoxy) is 2. The summed E-state index contributed by atoms with van der Waals surface area (Å²) >= 11 is 0. The van der Waals surface area contributed by atoms with Crippen molar-refractivity contribution in [2.45, 2.75) is 51.6 Å². The molecule has 0 spiro atoms. The quantitative estimate of drug-likeness (QED) is 0.907. The van der Waals surface area contributed by atoms with Gasteiger partial charge in [0.15, 0.2) is 0 Å². The van der Waals surface area contributed by atoms with E-state index in [0.29, 0.717) is 13.0 Å². The van der Waals surface area contributed by atoms with Crippen LogP contribution in [0, 0.1) is 0 Å². The fourth-order valence-electron chi connectivity index (χ4n) is 2.50. The molecule has 0 saturated carbocycles. The molecule has 0 unspecified atom stereocenters. The number of hydrogen-bond donors (Lipinski definition) is 1. The van der Waals surface area contributed by atoms with E-state index < -0.39 is 30.0 Å². The summed E-state index contributed by atoms with van der Waals surface area (Å²) < 4.78 is 24.6. The third kappa shape index (κ3) is 6.25. The van der Waals surface area contributed by atoms with Gasteiger partial charge in [-0.05, 0) is 32.8 Å². The van der Waals surface area contributed by atoms with Crippen molar-refractivity contribution in [1.29, 1.82) is 0 Å². The minimum atomic E-state index is -1.37. The Bertz CT molecular complexity index is 588. The zero-order valence-corrected chi connectivity index (χ0v) is 14.8. The van der Waals surface area contributed by atoms with E-state index in [9.17, 15) is 14.0 Å². The molecule has 1 aliphatic heterocycles. The summed E-state index contributed by atoms with van der Waals surface area (Å²) in [5.41, 5.74) is 0.229. The molecule has 25 heavy (non-hydrogen) atoms. The van der Waals surface area contributed by atoms with Gasteiger partial charge in [0.2, 0.25) is 0 Å². The molecule has 1 fully saturated rings. The van der Waals surface area contributed by atoms with Gasteiger partial charge in [-0.25, -0.2) is 14.0 Å². The molecular formula is C18H25FN2O4. The van der Waals surface area contributed by atoms with Crippen LogP contribution in [0.1, 0.15) is 32.8 Å². The number of nitrogens with one attached hydrogen (secondary N) is 1. The summed E-state index contributed by atoms with van der Waals surface area (Å²) in [7, 11) is 0. The predicted octanol–water partition coefficient (Wildman–Crippen LogP) is 3.26. The second kappa shape index (κ2) is 8.18. The maximum absolute atomic E-state index is 14.3. The number of hydrogen-bond acceptors (Lipinski definition) is 4. The van der Waals surface area contributed by atoms with Crippen molar-refractivity contribution < 1.29 is 23.5 Å². The van der Waals surface area contributed by atoms with Crippen molar-refractivity contribution in [1.82, 2.24) is 10.2 Å². The second-order valence-electron chi connectivity index (χ2n) is 7.04. The number of benzene rings is 1. The molecule has 1 heterocycles. The first-order valence-corrected chi connectivity index (χ1v) is 8.34. The monoisotopic (exact) mass is 352 g/mol. The van der Waals surface area contributed by atoms with Crippen molar-refractivity contribution in [3.63, 3.8) is 0 Å². The maximum atomic E-state index is 14.3. The number of rotatable bonds is 3. The van der Waals surface area contributed by atoms with Gasteiger partial charge in [-0.1, -0.05) is 30.3 Å². The van der Waals surface area contributed by atoms with Crippen LogP contribution in [0.3, 0.4) is 0 Å². The van der Waals surface area contributed by atoms with Gasteiger partial charge in [0.05, 0.1) is 12.6 Å². The molecule has 2 amide bonds. The largest absolute Gasteiger partial charge is 0.445 e. The zero-order chi connectivity index (χ0) is 18.4. The van der Waals surface area contributed by atoms with E-state index in [4.69, 9.17) is 9.47 Å². The van der Waals surface area contributed by atoms with Crippen LogP contribution in [0.5, 0.6) is 0 Å². The molecule has 0 aromatic heterocycles. The lowest BCUT2D eigenvalue weighted by molar-refractivity contribution is 0.0365. The molecule has 1 saturated heterocycles. The van der Waals surface area contributed by atoms with E-state index in [2.05, 4.69) is 5.32 Å². The van der Waals surface area contributed by atoms with E-state index >= 15 is 0 Å². The highest BCUT2D eigenvalue weighted by Crippen LogP contribution is 2.17. The Labute approximate surface area is 147 Å². The number of halogens is 1. The SMILES string of the molecule is CC(C)(C)OC(=O)N[C@H]1CCN(C(=O)OCc2ccccc2)C[C@H]1F. The predicted molar refractivity (Wildman–Crippen MR) is 90.9 cm³/mol. The number of carbonyl (C=O) groups is 2. The second-order valence-corrected chi connectivity index (χ2v) is 7.04. The summed E-state index contributed by atoms with van der Waals surface area (Å²) in [5, 5.41) is 2.53. The minimum Gasteiger partial charge on any atom is -0.445 e. The first kappa shape index (κ1) is 19.0. The Morgan fingerprint density at radius 3 is 2.56 bits per heavy atom. The zero-order valence-electron chi connectivity index (χ0n) is 14.8. The molecule has 0 radical (unpaired) electrons. The number of piperidine rings is 1. The fraction of sp³-hybridized carbons (Fsp3) is 0.556. The Morgan fingerprint density at radius 1 is 1.28 bits per heavy atom. The third-order valence-corrected chi connectivity index (χ3v) is 3.71. The van der Waals surface area contributed by atoms with Gasteiger partial charge in [0.25, 0.3) is 0 Å². The Morgan fingerprint density at radius 2 is 1.96 bits per heavy atom. The average Bonchev–Trinajstić information content (AvgIpc) is 2.53. The fourth-order valence-corrected chi connectivity index (χ4v) is 2.50. The van der Waals surface area contributed by atoms with E-state index in [-0.39, 0.29) is 13.2 Å². The van der Waals surface area contributed by atoms with E-state index in [0.717, 1.165) is 5.56 Å². The van der Waals surface area contributed by atoms with Crippen molar-refractivity contribution in [3.05, 3.63) is 35.9 Å². The lowest BCUT2D eigenvalue weighted by Crippen LogP contribution is -2.54. The lowest BCUT2D eigenvalue weighted by Gasteiger charge is -2.34. The number of amides is 2.